The van der Waals surface area contributed by atoms with Crippen LogP contribution < -0.4 is 4.90 Å². The molecule has 3 heterocycles. The molecule has 5 heteroatoms. The van der Waals surface area contributed by atoms with Gasteiger partial charge in [0.1, 0.15) is 0 Å². The maximum Gasteiger partial charge on any atom is 0.0726 e. The van der Waals surface area contributed by atoms with Gasteiger partial charge < -0.3 is 4.90 Å². The summed E-state index contributed by atoms with van der Waals surface area (Å²) in [6, 6.07) is 11.0. The van der Waals surface area contributed by atoms with Crippen LogP contribution in [0.25, 0.3) is 10.9 Å². The average Bonchev–Trinajstić information content (AvgIpc) is 3.15. The van der Waals surface area contributed by atoms with Gasteiger partial charge in [-0.15, -0.1) is 0 Å². The van der Waals surface area contributed by atoms with E-state index in [9.17, 15) is 0 Å². The van der Waals surface area contributed by atoms with E-state index in [0.29, 0.717) is 6.04 Å². The molecule has 1 fully saturated rings. The molecule has 1 aliphatic rings. The lowest BCUT2D eigenvalue weighted by Gasteiger charge is -2.21. The molecule has 1 saturated heterocycles. The molecule has 0 bridgehead atoms. The summed E-state index contributed by atoms with van der Waals surface area (Å²) in [6.45, 7) is 4.10. The number of rotatable bonds is 2. The number of hydrogen-bond donors (Lipinski definition) is 0. The van der Waals surface area contributed by atoms with Crippen molar-refractivity contribution < 1.29 is 0 Å². The molecule has 0 aliphatic carbocycles. The van der Waals surface area contributed by atoms with Crippen LogP contribution in [0.3, 0.4) is 0 Å². The summed E-state index contributed by atoms with van der Waals surface area (Å²) in [6.07, 6.45) is 5.03. The SMILES string of the molecule is Cc1cc(N2CCC(n3cc(Br)cn3)C2)c2ccccc2n1. The molecule has 0 spiro atoms. The summed E-state index contributed by atoms with van der Waals surface area (Å²) in [5.74, 6) is 0. The topological polar surface area (TPSA) is 34.0 Å². The zero-order valence-corrected chi connectivity index (χ0v) is 14.0. The molecule has 0 amide bonds. The van der Waals surface area contributed by atoms with Gasteiger partial charge in [-0.05, 0) is 41.4 Å². The Morgan fingerprint density at radius 3 is 2.95 bits per heavy atom. The van der Waals surface area contributed by atoms with Crippen molar-refractivity contribution >= 4 is 32.5 Å². The molecule has 0 saturated carbocycles. The van der Waals surface area contributed by atoms with Crippen molar-refractivity contribution in [1.82, 2.24) is 14.8 Å². The van der Waals surface area contributed by atoms with Gasteiger partial charge in [0.2, 0.25) is 0 Å². The van der Waals surface area contributed by atoms with Crippen LogP contribution in [0.1, 0.15) is 18.2 Å². The zero-order valence-electron chi connectivity index (χ0n) is 12.4. The second-order valence-electron chi connectivity index (χ2n) is 5.83. The maximum absolute atomic E-state index is 4.64. The summed E-state index contributed by atoms with van der Waals surface area (Å²) in [7, 11) is 0. The summed E-state index contributed by atoms with van der Waals surface area (Å²) in [4.78, 5) is 7.09. The van der Waals surface area contributed by atoms with Crippen molar-refractivity contribution in [2.24, 2.45) is 0 Å². The Labute approximate surface area is 137 Å². The van der Waals surface area contributed by atoms with E-state index in [1.54, 1.807) is 0 Å². The summed E-state index contributed by atoms with van der Waals surface area (Å²) in [5.41, 5.74) is 3.43. The van der Waals surface area contributed by atoms with Crippen molar-refractivity contribution in [2.45, 2.75) is 19.4 Å². The van der Waals surface area contributed by atoms with Crippen molar-refractivity contribution in [2.75, 3.05) is 18.0 Å². The Bertz CT molecular complexity index is 826. The van der Waals surface area contributed by atoms with Gasteiger partial charge in [0.25, 0.3) is 0 Å². The van der Waals surface area contributed by atoms with Crippen molar-refractivity contribution in [3.8, 4) is 0 Å². The Morgan fingerprint density at radius 2 is 2.14 bits per heavy atom. The number of para-hydroxylation sites is 1. The van der Waals surface area contributed by atoms with Crippen LogP contribution in [0.4, 0.5) is 5.69 Å². The number of anilines is 1. The molecule has 4 rings (SSSR count). The lowest BCUT2D eigenvalue weighted by Crippen LogP contribution is -2.21. The number of halogens is 1. The van der Waals surface area contributed by atoms with E-state index in [0.717, 1.165) is 35.2 Å². The largest absolute Gasteiger partial charge is 0.369 e. The van der Waals surface area contributed by atoms with E-state index in [4.69, 9.17) is 0 Å². The van der Waals surface area contributed by atoms with Crippen LogP contribution in [0.5, 0.6) is 0 Å². The molecule has 1 aromatic carbocycles. The predicted octanol–water partition coefficient (Wildman–Crippen LogP) is 3.95. The van der Waals surface area contributed by atoms with E-state index in [2.05, 4.69) is 73.0 Å². The van der Waals surface area contributed by atoms with Gasteiger partial charge in [-0.3, -0.25) is 9.67 Å². The number of hydrogen-bond acceptors (Lipinski definition) is 3. The third-order valence-electron chi connectivity index (χ3n) is 4.27. The van der Waals surface area contributed by atoms with Gasteiger partial charge in [0, 0.05) is 36.1 Å². The van der Waals surface area contributed by atoms with Crippen LogP contribution in [-0.4, -0.2) is 27.9 Å². The average molecular weight is 357 g/mol. The number of fused-ring (bicyclic) bond motifs is 1. The number of aryl methyl sites for hydroxylation is 1. The Balaban J connectivity index is 1.68. The Hall–Kier alpha value is -1.88. The molecule has 1 aliphatic heterocycles. The fraction of sp³-hybridized carbons (Fsp3) is 0.294. The van der Waals surface area contributed by atoms with Gasteiger partial charge in [-0.2, -0.15) is 5.10 Å². The Kier molecular flexibility index (Phi) is 3.37. The van der Waals surface area contributed by atoms with E-state index in [1.807, 2.05) is 12.3 Å². The first-order chi connectivity index (χ1) is 10.7. The molecule has 112 valence electrons. The Morgan fingerprint density at radius 1 is 1.27 bits per heavy atom. The second-order valence-corrected chi connectivity index (χ2v) is 6.74. The standard InChI is InChI=1S/C17H17BrN4/c1-12-8-17(15-4-2-3-5-16(15)20-12)21-7-6-14(11-21)22-10-13(18)9-19-22/h2-5,8-10,14H,6-7,11H2,1H3. The smallest absolute Gasteiger partial charge is 0.0726 e. The van der Waals surface area contributed by atoms with Gasteiger partial charge in [0.05, 0.1) is 22.2 Å². The lowest BCUT2D eigenvalue weighted by molar-refractivity contribution is 0.494. The predicted molar refractivity (Wildman–Crippen MR) is 92.3 cm³/mol. The summed E-state index contributed by atoms with van der Waals surface area (Å²) in [5, 5.41) is 5.67. The quantitative estimate of drug-likeness (QED) is 0.696. The van der Waals surface area contributed by atoms with Crippen molar-refractivity contribution in [3.05, 3.63) is 52.9 Å². The van der Waals surface area contributed by atoms with Crippen LogP contribution in [0.2, 0.25) is 0 Å². The number of aromatic nitrogens is 3. The molecular weight excluding hydrogens is 340 g/mol. The molecule has 3 aromatic rings. The van der Waals surface area contributed by atoms with E-state index >= 15 is 0 Å². The van der Waals surface area contributed by atoms with E-state index in [-0.39, 0.29) is 0 Å². The maximum atomic E-state index is 4.64. The van der Waals surface area contributed by atoms with Crippen LogP contribution in [-0.2, 0) is 0 Å². The minimum atomic E-state index is 0.429. The normalized spacial score (nSPS) is 18.3. The highest BCUT2D eigenvalue weighted by molar-refractivity contribution is 9.10. The molecule has 22 heavy (non-hydrogen) atoms. The first-order valence-electron chi connectivity index (χ1n) is 7.52. The molecule has 0 N–H and O–H groups in total. The monoisotopic (exact) mass is 356 g/mol. The minimum absolute atomic E-state index is 0.429. The summed E-state index contributed by atoms with van der Waals surface area (Å²) < 4.78 is 3.11. The number of pyridine rings is 1. The lowest BCUT2D eigenvalue weighted by atomic mass is 10.1. The highest BCUT2D eigenvalue weighted by atomic mass is 79.9. The number of nitrogens with zero attached hydrogens (tertiary/aromatic N) is 4. The fourth-order valence-electron chi connectivity index (χ4n) is 3.24. The molecule has 1 unspecified atom stereocenters. The van der Waals surface area contributed by atoms with E-state index < -0.39 is 0 Å². The summed E-state index contributed by atoms with van der Waals surface area (Å²) >= 11 is 3.48. The van der Waals surface area contributed by atoms with Gasteiger partial charge in [-0.25, -0.2) is 0 Å². The highest BCUT2D eigenvalue weighted by Crippen LogP contribution is 2.32. The van der Waals surface area contributed by atoms with Gasteiger partial charge in [0.15, 0.2) is 0 Å². The fourth-order valence-corrected chi connectivity index (χ4v) is 3.54. The van der Waals surface area contributed by atoms with Crippen LogP contribution >= 0.6 is 15.9 Å². The van der Waals surface area contributed by atoms with Gasteiger partial charge >= 0.3 is 0 Å². The minimum Gasteiger partial charge on any atom is -0.369 e. The van der Waals surface area contributed by atoms with E-state index in [1.165, 1.54) is 11.1 Å². The third-order valence-corrected chi connectivity index (χ3v) is 4.68. The van der Waals surface area contributed by atoms with Crippen LogP contribution in [0, 0.1) is 6.92 Å². The van der Waals surface area contributed by atoms with Crippen LogP contribution in [0.15, 0.2) is 47.2 Å². The molecular formula is C17H17BrN4. The molecule has 4 nitrogen and oxygen atoms in total. The van der Waals surface area contributed by atoms with Crippen molar-refractivity contribution in [1.29, 1.82) is 0 Å². The first kappa shape index (κ1) is 13.8. The molecule has 1 atom stereocenters. The van der Waals surface area contributed by atoms with Crippen molar-refractivity contribution in [3.63, 3.8) is 0 Å². The zero-order chi connectivity index (χ0) is 15.1. The highest BCUT2D eigenvalue weighted by Gasteiger charge is 2.26. The first-order valence-corrected chi connectivity index (χ1v) is 8.31. The second kappa shape index (κ2) is 5.39. The van der Waals surface area contributed by atoms with Gasteiger partial charge in [-0.1, -0.05) is 18.2 Å². The molecule has 0 radical (unpaired) electrons. The number of benzene rings is 1. The third kappa shape index (κ3) is 2.39. The molecule has 2 aromatic heterocycles.